The number of hydrogen-bond acceptors (Lipinski definition) is 7. The molecule has 2 aromatic heterocycles. The lowest BCUT2D eigenvalue weighted by atomic mass is 10.1. The molecule has 0 aromatic carbocycles. The van der Waals surface area contributed by atoms with Crippen molar-refractivity contribution in [2.45, 2.75) is 45.3 Å². The Labute approximate surface area is 165 Å². The zero-order valence-electron chi connectivity index (χ0n) is 16.5. The standard InChI is InChI=1S/C20H27N5O3/c1-20(2,3)28-19(26)25-11-8-15(9-12-25)27-17-7-6-14(13-23-17)24-18-16(21)5-4-10-22-18/h4-7,10,13,15H,8-9,11-12,21H2,1-3H3,(H,22,24). The highest BCUT2D eigenvalue weighted by Crippen LogP contribution is 2.23. The third-order valence-corrected chi connectivity index (χ3v) is 4.22. The number of nitrogens with one attached hydrogen (secondary N) is 1. The molecule has 0 atom stereocenters. The Morgan fingerprint density at radius 3 is 2.57 bits per heavy atom. The van der Waals surface area contributed by atoms with Crippen molar-refractivity contribution >= 4 is 23.3 Å². The van der Waals surface area contributed by atoms with Crippen LogP contribution in [0.5, 0.6) is 5.88 Å². The van der Waals surface area contributed by atoms with Gasteiger partial charge in [-0.05, 0) is 39.0 Å². The van der Waals surface area contributed by atoms with E-state index in [2.05, 4.69) is 15.3 Å². The second-order valence-electron chi connectivity index (χ2n) is 7.74. The Hall–Kier alpha value is -3.03. The van der Waals surface area contributed by atoms with Gasteiger partial charge in [0.15, 0.2) is 5.82 Å². The molecule has 150 valence electrons. The van der Waals surface area contributed by atoms with E-state index in [4.69, 9.17) is 15.2 Å². The fourth-order valence-corrected chi connectivity index (χ4v) is 2.84. The van der Waals surface area contributed by atoms with Crippen molar-refractivity contribution in [1.82, 2.24) is 14.9 Å². The summed E-state index contributed by atoms with van der Waals surface area (Å²) in [6, 6.07) is 7.24. The number of ether oxygens (including phenoxy) is 2. The van der Waals surface area contributed by atoms with Gasteiger partial charge in [-0.1, -0.05) is 0 Å². The van der Waals surface area contributed by atoms with E-state index in [1.54, 1.807) is 29.4 Å². The minimum absolute atomic E-state index is 0.0245. The summed E-state index contributed by atoms with van der Waals surface area (Å²) in [5, 5.41) is 3.13. The van der Waals surface area contributed by atoms with Crippen LogP contribution in [-0.2, 0) is 4.74 Å². The lowest BCUT2D eigenvalue weighted by molar-refractivity contribution is 0.0123. The van der Waals surface area contributed by atoms with Gasteiger partial charge in [-0.25, -0.2) is 14.8 Å². The number of aromatic nitrogens is 2. The molecule has 1 aliphatic heterocycles. The van der Waals surface area contributed by atoms with Gasteiger partial charge in [0.1, 0.15) is 11.7 Å². The first-order valence-corrected chi connectivity index (χ1v) is 9.38. The first-order valence-electron chi connectivity index (χ1n) is 9.38. The number of carbonyl (C=O) groups excluding carboxylic acids is 1. The highest BCUT2D eigenvalue weighted by Gasteiger charge is 2.27. The number of rotatable bonds is 4. The van der Waals surface area contributed by atoms with Crippen molar-refractivity contribution in [1.29, 1.82) is 0 Å². The average Bonchev–Trinajstić information content (AvgIpc) is 2.64. The van der Waals surface area contributed by atoms with E-state index in [0.29, 0.717) is 30.5 Å². The molecule has 8 nitrogen and oxygen atoms in total. The van der Waals surface area contributed by atoms with E-state index in [-0.39, 0.29) is 12.2 Å². The molecular formula is C20H27N5O3. The van der Waals surface area contributed by atoms with E-state index < -0.39 is 5.60 Å². The van der Waals surface area contributed by atoms with Gasteiger partial charge in [-0.3, -0.25) is 0 Å². The molecule has 0 radical (unpaired) electrons. The zero-order valence-corrected chi connectivity index (χ0v) is 16.5. The van der Waals surface area contributed by atoms with Gasteiger partial charge in [0.05, 0.1) is 17.6 Å². The van der Waals surface area contributed by atoms with Crippen LogP contribution < -0.4 is 15.8 Å². The van der Waals surface area contributed by atoms with Crippen LogP contribution in [0, 0.1) is 0 Å². The number of carbonyl (C=O) groups is 1. The normalized spacial score (nSPS) is 15.2. The van der Waals surface area contributed by atoms with Crippen molar-refractivity contribution in [3.05, 3.63) is 36.7 Å². The number of amides is 1. The summed E-state index contributed by atoms with van der Waals surface area (Å²) in [6.07, 6.45) is 4.59. The van der Waals surface area contributed by atoms with Crippen LogP contribution in [0.1, 0.15) is 33.6 Å². The molecule has 0 bridgehead atoms. The number of piperidine rings is 1. The number of nitrogen functional groups attached to an aromatic ring is 1. The minimum Gasteiger partial charge on any atom is -0.474 e. The van der Waals surface area contributed by atoms with Crippen LogP contribution in [-0.4, -0.2) is 45.8 Å². The highest BCUT2D eigenvalue weighted by molar-refractivity contribution is 5.68. The van der Waals surface area contributed by atoms with Crippen LogP contribution in [0.25, 0.3) is 0 Å². The van der Waals surface area contributed by atoms with Crippen molar-refractivity contribution in [3.63, 3.8) is 0 Å². The molecule has 0 unspecified atom stereocenters. The van der Waals surface area contributed by atoms with Crippen LogP contribution in [0.2, 0.25) is 0 Å². The smallest absolute Gasteiger partial charge is 0.410 e. The lowest BCUT2D eigenvalue weighted by Gasteiger charge is -2.33. The van der Waals surface area contributed by atoms with Crippen LogP contribution in [0.3, 0.4) is 0 Å². The molecule has 0 spiro atoms. The van der Waals surface area contributed by atoms with E-state index >= 15 is 0 Å². The number of hydrogen-bond donors (Lipinski definition) is 2. The molecule has 1 saturated heterocycles. The van der Waals surface area contributed by atoms with Crippen molar-refractivity contribution < 1.29 is 14.3 Å². The Morgan fingerprint density at radius 2 is 1.96 bits per heavy atom. The van der Waals surface area contributed by atoms with Crippen LogP contribution >= 0.6 is 0 Å². The van der Waals surface area contributed by atoms with Crippen molar-refractivity contribution in [2.75, 3.05) is 24.1 Å². The van der Waals surface area contributed by atoms with Gasteiger partial charge in [0, 0.05) is 38.2 Å². The van der Waals surface area contributed by atoms with Gasteiger partial charge in [0.25, 0.3) is 0 Å². The van der Waals surface area contributed by atoms with E-state index in [0.717, 1.165) is 18.5 Å². The summed E-state index contributed by atoms with van der Waals surface area (Å²) in [5.41, 5.74) is 6.74. The maximum Gasteiger partial charge on any atom is 0.410 e. The molecule has 1 aliphatic rings. The number of nitrogens with zero attached hydrogens (tertiary/aromatic N) is 3. The quantitative estimate of drug-likeness (QED) is 0.829. The molecule has 0 saturated carbocycles. The molecule has 1 amide bonds. The third-order valence-electron chi connectivity index (χ3n) is 4.22. The van der Waals surface area contributed by atoms with Crippen LogP contribution in [0.4, 0.5) is 22.0 Å². The van der Waals surface area contributed by atoms with E-state index in [1.807, 2.05) is 32.9 Å². The Kier molecular flexibility index (Phi) is 5.87. The molecule has 2 aromatic rings. The topological polar surface area (TPSA) is 103 Å². The SMILES string of the molecule is CC(C)(C)OC(=O)N1CCC(Oc2ccc(Nc3ncccc3N)cn2)CC1. The molecule has 8 heteroatoms. The summed E-state index contributed by atoms with van der Waals surface area (Å²) in [5.74, 6) is 1.14. The summed E-state index contributed by atoms with van der Waals surface area (Å²) < 4.78 is 11.4. The second kappa shape index (κ2) is 8.33. The molecule has 3 rings (SSSR count). The van der Waals surface area contributed by atoms with Gasteiger partial charge in [-0.15, -0.1) is 0 Å². The second-order valence-corrected chi connectivity index (χ2v) is 7.74. The van der Waals surface area contributed by atoms with E-state index in [9.17, 15) is 4.79 Å². The maximum absolute atomic E-state index is 12.1. The molecule has 3 heterocycles. The van der Waals surface area contributed by atoms with Crippen molar-refractivity contribution in [3.8, 4) is 5.88 Å². The molecule has 28 heavy (non-hydrogen) atoms. The number of anilines is 3. The van der Waals surface area contributed by atoms with Gasteiger partial charge in [-0.2, -0.15) is 0 Å². The minimum atomic E-state index is -0.482. The number of likely N-dealkylation sites (tertiary alicyclic amines) is 1. The average molecular weight is 385 g/mol. The van der Waals surface area contributed by atoms with E-state index in [1.165, 1.54) is 0 Å². The summed E-state index contributed by atoms with van der Waals surface area (Å²) >= 11 is 0. The predicted molar refractivity (Wildman–Crippen MR) is 108 cm³/mol. The molecule has 1 fully saturated rings. The Morgan fingerprint density at radius 1 is 1.21 bits per heavy atom. The van der Waals surface area contributed by atoms with Crippen LogP contribution in [0.15, 0.2) is 36.7 Å². The first-order chi connectivity index (χ1) is 13.3. The Bertz CT molecular complexity index is 796. The number of nitrogens with two attached hydrogens (primary N) is 1. The molecule has 3 N–H and O–H groups in total. The monoisotopic (exact) mass is 385 g/mol. The Balaban J connectivity index is 1.49. The summed E-state index contributed by atoms with van der Waals surface area (Å²) in [7, 11) is 0. The fraction of sp³-hybridized carbons (Fsp3) is 0.450. The maximum atomic E-state index is 12.1. The highest BCUT2D eigenvalue weighted by atomic mass is 16.6. The largest absolute Gasteiger partial charge is 0.474 e. The van der Waals surface area contributed by atoms with Crippen molar-refractivity contribution in [2.24, 2.45) is 0 Å². The first kappa shape index (κ1) is 19.7. The van der Waals surface area contributed by atoms with Gasteiger partial charge < -0.3 is 25.4 Å². The number of pyridine rings is 2. The molecular weight excluding hydrogens is 358 g/mol. The van der Waals surface area contributed by atoms with Gasteiger partial charge >= 0.3 is 6.09 Å². The summed E-state index contributed by atoms with van der Waals surface area (Å²) in [6.45, 7) is 6.82. The summed E-state index contributed by atoms with van der Waals surface area (Å²) in [4.78, 5) is 22.4. The predicted octanol–water partition coefficient (Wildman–Crippen LogP) is 3.58. The molecule has 0 aliphatic carbocycles. The third kappa shape index (κ3) is 5.48. The lowest BCUT2D eigenvalue weighted by Crippen LogP contribution is -2.44. The van der Waals surface area contributed by atoms with Gasteiger partial charge in [0.2, 0.25) is 5.88 Å². The fourth-order valence-electron chi connectivity index (χ4n) is 2.84. The zero-order chi connectivity index (χ0) is 20.1.